The molecule has 0 fully saturated rings. The standard InChI is InChI=1S/C28H30N6O3/c1-19-8-10-21(11-9-19)26(35)34(4)23-12-13-24(30-17-28(2,3)37)25(15-23)31-18-32-27(36)33-22-7-5-6-20(14-22)16-29/h5-15,18,30,37H,17H2,1-4H3,(H2,31,32,33,36). The van der Waals surface area contributed by atoms with Gasteiger partial charge in [-0.05, 0) is 69.3 Å². The first kappa shape index (κ1) is 26.9. The Kier molecular flexibility index (Phi) is 8.61. The zero-order valence-corrected chi connectivity index (χ0v) is 21.2. The number of benzene rings is 3. The van der Waals surface area contributed by atoms with Crippen LogP contribution in [0.3, 0.4) is 0 Å². The number of carbonyl (C=O) groups excluding carboxylic acids is 2. The van der Waals surface area contributed by atoms with E-state index in [9.17, 15) is 14.7 Å². The van der Waals surface area contributed by atoms with Crippen molar-refractivity contribution in [2.75, 3.05) is 29.1 Å². The minimum atomic E-state index is -0.964. The summed E-state index contributed by atoms with van der Waals surface area (Å²) in [5, 5.41) is 27.5. The molecule has 0 unspecified atom stereocenters. The van der Waals surface area contributed by atoms with Crippen LogP contribution in [0.25, 0.3) is 0 Å². The number of aliphatic imine (C=N–C) groups is 1. The smallest absolute Gasteiger partial charge is 0.324 e. The highest BCUT2D eigenvalue weighted by atomic mass is 16.3. The lowest BCUT2D eigenvalue weighted by Crippen LogP contribution is -2.29. The highest BCUT2D eigenvalue weighted by molar-refractivity contribution is 6.06. The number of hydrogen-bond donors (Lipinski definition) is 4. The first-order valence-corrected chi connectivity index (χ1v) is 11.6. The van der Waals surface area contributed by atoms with Gasteiger partial charge in [0.2, 0.25) is 0 Å². The molecule has 3 amide bonds. The number of amides is 3. The monoisotopic (exact) mass is 498 g/mol. The van der Waals surface area contributed by atoms with Crippen LogP contribution in [-0.2, 0) is 0 Å². The number of aliphatic hydroxyl groups is 1. The van der Waals surface area contributed by atoms with Gasteiger partial charge in [-0.3, -0.25) is 10.1 Å². The highest BCUT2D eigenvalue weighted by Gasteiger charge is 2.17. The summed E-state index contributed by atoms with van der Waals surface area (Å²) in [6.07, 6.45) is 1.24. The molecular formula is C28H30N6O3. The first-order valence-electron chi connectivity index (χ1n) is 11.6. The number of nitrogens with zero attached hydrogens (tertiary/aromatic N) is 3. The fourth-order valence-corrected chi connectivity index (χ4v) is 3.30. The Labute approximate surface area is 216 Å². The van der Waals surface area contributed by atoms with Gasteiger partial charge in [-0.2, -0.15) is 5.26 Å². The summed E-state index contributed by atoms with van der Waals surface area (Å²) in [5.41, 5.74) is 3.22. The van der Waals surface area contributed by atoms with Crippen LogP contribution in [-0.4, -0.2) is 42.6 Å². The second kappa shape index (κ2) is 11.8. The number of hydrogen-bond acceptors (Lipinski definition) is 6. The molecular weight excluding hydrogens is 468 g/mol. The minimum Gasteiger partial charge on any atom is -0.389 e. The largest absolute Gasteiger partial charge is 0.389 e. The van der Waals surface area contributed by atoms with E-state index in [0.717, 1.165) is 5.56 Å². The Balaban J connectivity index is 1.79. The molecule has 0 aliphatic rings. The molecule has 9 nitrogen and oxygen atoms in total. The van der Waals surface area contributed by atoms with E-state index in [2.05, 4.69) is 20.9 Å². The third-order valence-electron chi connectivity index (χ3n) is 5.33. The van der Waals surface area contributed by atoms with Crippen molar-refractivity contribution in [2.45, 2.75) is 26.4 Å². The molecule has 0 aliphatic carbocycles. The van der Waals surface area contributed by atoms with Crippen molar-refractivity contribution in [3.8, 4) is 6.07 Å². The normalized spacial score (nSPS) is 11.0. The van der Waals surface area contributed by atoms with Gasteiger partial charge in [0.25, 0.3) is 5.91 Å². The molecule has 0 atom stereocenters. The molecule has 0 spiro atoms. The van der Waals surface area contributed by atoms with Crippen LogP contribution in [0.2, 0.25) is 0 Å². The summed E-state index contributed by atoms with van der Waals surface area (Å²) < 4.78 is 0. The van der Waals surface area contributed by atoms with Gasteiger partial charge in [-0.15, -0.1) is 0 Å². The molecule has 4 N–H and O–H groups in total. The third kappa shape index (κ3) is 7.92. The second-order valence-corrected chi connectivity index (χ2v) is 9.15. The van der Waals surface area contributed by atoms with Crippen LogP contribution in [0.15, 0.2) is 71.7 Å². The Bertz CT molecular complexity index is 1340. The van der Waals surface area contributed by atoms with Crippen LogP contribution in [0.5, 0.6) is 0 Å². The number of nitriles is 1. The van der Waals surface area contributed by atoms with E-state index in [1.54, 1.807) is 75.5 Å². The number of aryl methyl sites for hydroxylation is 1. The summed E-state index contributed by atoms with van der Waals surface area (Å²) in [7, 11) is 1.68. The summed E-state index contributed by atoms with van der Waals surface area (Å²) >= 11 is 0. The van der Waals surface area contributed by atoms with E-state index in [-0.39, 0.29) is 12.5 Å². The van der Waals surface area contributed by atoms with Gasteiger partial charge in [0.15, 0.2) is 0 Å². The molecule has 0 aromatic heterocycles. The van der Waals surface area contributed by atoms with Gasteiger partial charge in [-0.25, -0.2) is 9.79 Å². The minimum absolute atomic E-state index is 0.177. The molecule has 0 saturated heterocycles. The van der Waals surface area contributed by atoms with Gasteiger partial charge in [0.1, 0.15) is 0 Å². The van der Waals surface area contributed by atoms with Gasteiger partial charge < -0.3 is 20.6 Å². The lowest BCUT2D eigenvalue weighted by molar-refractivity contribution is 0.0944. The zero-order chi connectivity index (χ0) is 27.0. The molecule has 0 aliphatic heterocycles. The van der Waals surface area contributed by atoms with Crippen molar-refractivity contribution in [3.05, 3.63) is 83.4 Å². The van der Waals surface area contributed by atoms with E-state index in [4.69, 9.17) is 5.26 Å². The summed E-state index contributed by atoms with van der Waals surface area (Å²) in [4.78, 5) is 31.2. The van der Waals surface area contributed by atoms with Crippen molar-refractivity contribution in [1.82, 2.24) is 5.32 Å². The number of rotatable bonds is 8. The molecule has 37 heavy (non-hydrogen) atoms. The van der Waals surface area contributed by atoms with E-state index in [1.165, 1.54) is 11.2 Å². The molecule has 190 valence electrons. The molecule has 0 radical (unpaired) electrons. The van der Waals surface area contributed by atoms with Gasteiger partial charge in [0, 0.05) is 30.5 Å². The molecule has 0 bridgehead atoms. The Morgan fingerprint density at radius 3 is 2.51 bits per heavy atom. The number of anilines is 3. The Morgan fingerprint density at radius 1 is 1.11 bits per heavy atom. The maximum absolute atomic E-state index is 13.0. The quantitative estimate of drug-likeness (QED) is 0.262. The van der Waals surface area contributed by atoms with Crippen molar-refractivity contribution in [3.63, 3.8) is 0 Å². The van der Waals surface area contributed by atoms with Crippen LogP contribution in [0.4, 0.5) is 27.5 Å². The maximum Gasteiger partial charge on any atom is 0.324 e. The lowest BCUT2D eigenvalue weighted by atomic mass is 10.1. The Morgan fingerprint density at radius 2 is 1.84 bits per heavy atom. The van der Waals surface area contributed by atoms with Crippen LogP contribution < -0.4 is 20.9 Å². The molecule has 3 aromatic carbocycles. The van der Waals surface area contributed by atoms with Crippen molar-refractivity contribution < 1.29 is 14.7 Å². The van der Waals surface area contributed by atoms with Crippen LogP contribution in [0, 0.1) is 18.3 Å². The molecule has 0 heterocycles. The average molecular weight is 499 g/mol. The maximum atomic E-state index is 13.0. The molecule has 3 rings (SSSR count). The van der Waals surface area contributed by atoms with Crippen LogP contribution in [0.1, 0.15) is 35.3 Å². The van der Waals surface area contributed by atoms with Gasteiger partial charge >= 0.3 is 6.03 Å². The molecule has 3 aromatic rings. The van der Waals surface area contributed by atoms with E-state index >= 15 is 0 Å². The summed E-state index contributed by atoms with van der Waals surface area (Å²) in [5.74, 6) is -0.177. The number of carbonyl (C=O) groups is 2. The zero-order valence-electron chi connectivity index (χ0n) is 21.2. The third-order valence-corrected chi connectivity index (χ3v) is 5.33. The van der Waals surface area contributed by atoms with Crippen molar-refractivity contribution in [1.29, 1.82) is 5.26 Å². The highest BCUT2D eigenvalue weighted by Crippen LogP contribution is 2.31. The van der Waals surface area contributed by atoms with E-state index in [0.29, 0.717) is 33.9 Å². The van der Waals surface area contributed by atoms with Gasteiger partial charge in [0.05, 0.1) is 34.9 Å². The van der Waals surface area contributed by atoms with Crippen molar-refractivity contribution in [2.24, 2.45) is 4.99 Å². The number of nitrogens with one attached hydrogen (secondary N) is 3. The van der Waals surface area contributed by atoms with Gasteiger partial charge in [-0.1, -0.05) is 23.8 Å². The second-order valence-electron chi connectivity index (χ2n) is 9.15. The fourth-order valence-electron chi connectivity index (χ4n) is 3.30. The van der Waals surface area contributed by atoms with Crippen LogP contribution >= 0.6 is 0 Å². The Hall–Kier alpha value is -4.68. The number of urea groups is 1. The SMILES string of the molecule is Cc1ccc(C(=O)N(C)c2ccc(NCC(C)(C)O)c(N=CNC(=O)Nc3cccc(C#N)c3)c2)cc1. The first-order chi connectivity index (χ1) is 17.6. The summed E-state index contributed by atoms with van der Waals surface area (Å²) in [6, 6.07) is 20.6. The van der Waals surface area contributed by atoms with E-state index in [1.807, 2.05) is 25.1 Å². The average Bonchev–Trinajstić information content (AvgIpc) is 2.87. The topological polar surface area (TPSA) is 130 Å². The fraction of sp³-hybridized carbons (Fsp3) is 0.214. The summed E-state index contributed by atoms with van der Waals surface area (Å²) in [6.45, 7) is 5.58. The lowest BCUT2D eigenvalue weighted by Gasteiger charge is -2.22. The predicted molar refractivity (Wildman–Crippen MR) is 147 cm³/mol. The van der Waals surface area contributed by atoms with E-state index < -0.39 is 11.6 Å². The van der Waals surface area contributed by atoms with Crippen molar-refractivity contribution >= 4 is 41.0 Å². The molecule has 9 heteroatoms. The predicted octanol–water partition coefficient (Wildman–Crippen LogP) is 4.81. The molecule has 0 saturated carbocycles.